The molecule has 2 fully saturated rings. The fourth-order valence-corrected chi connectivity index (χ4v) is 3.78. The lowest BCUT2D eigenvalue weighted by Gasteiger charge is -2.39. The van der Waals surface area contributed by atoms with Crippen LogP contribution in [-0.4, -0.2) is 42.4 Å². The highest BCUT2D eigenvalue weighted by Crippen LogP contribution is 2.30. The molecule has 2 aliphatic rings. The molecule has 138 valence electrons. The summed E-state index contributed by atoms with van der Waals surface area (Å²) in [5.41, 5.74) is 6.09. The van der Waals surface area contributed by atoms with Crippen LogP contribution in [0.5, 0.6) is 0 Å². The van der Waals surface area contributed by atoms with Crippen LogP contribution in [0.1, 0.15) is 26.2 Å². The summed E-state index contributed by atoms with van der Waals surface area (Å²) in [5.74, 6) is -0.523. The van der Waals surface area contributed by atoms with Crippen molar-refractivity contribution in [2.75, 3.05) is 24.5 Å². The van der Waals surface area contributed by atoms with Crippen molar-refractivity contribution in [1.82, 2.24) is 4.90 Å². The maximum Gasteiger partial charge on any atom is 0.228 e. The van der Waals surface area contributed by atoms with E-state index in [9.17, 15) is 14.0 Å². The number of piperidine rings is 1. The van der Waals surface area contributed by atoms with E-state index in [4.69, 9.17) is 5.73 Å². The standard InChI is InChI=1S/C18H24FN3O2.ClH/c1-12-6-7-21(14(8-12)10-20)18(24)13-9-17(23)22(11-13)16-5-3-2-4-15(16)19;/h2-5,12-14H,6-11,20H2,1H3;1H. The van der Waals surface area contributed by atoms with E-state index < -0.39 is 11.7 Å². The minimum atomic E-state index is -0.439. The highest BCUT2D eigenvalue weighted by atomic mass is 35.5. The van der Waals surface area contributed by atoms with Crippen molar-refractivity contribution < 1.29 is 14.0 Å². The molecule has 2 amide bonds. The van der Waals surface area contributed by atoms with Gasteiger partial charge in [-0.1, -0.05) is 19.1 Å². The van der Waals surface area contributed by atoms with Gasteiger partial charge in [0.15, 0.2) is 0 Å². The topological polar surface area (TPSA) is 66.6 Å². The third-order valence-electron chi connectivity index (χ3n) is 5.15. The molecule has 25 heavy (non-hydrogen) atoms. The maximum atomic E-state index is 14.0. The van der Waals surface area contributed by atoms with Crippen molar-refractivity contribution in [1.29, 1.82) is 0 Å². The number of anilines is 1. The summed E-state index contributed by atoms with van der Waals surface area (Å²) in [7, 11) is 0. The number of carbonyl (C=O) groups excluding carboxylic acids is 2. The molecule has 1 aromatic rings. The molecule has 2 aliphatic heterocycles. The van der Waals surface area contributed by atoms with Crippen molar-refractivity contribution in [2.45, 2.75) is 32.2 Å². The average Bonchev–Trinajstić information content (AvgIpc) is 2.96. The number of amides is 2. The molecule has 0 radical (unpaired) electrons. The summed E-state index contributed by atoms with van der Waals surface area (Å²) < 4.78 is 14.0. The predicted molar refractivity (Wildman–Crippen MR) is 97.1 cm³/mol. The first-order chi connectivity index (χ1) is 11.5. The van der Waals surface area contributed by atoms with E-state index in [1.807, 2.05) is 4.90 Å². The van der Waals surface area contributed by atoms with Gasteiger partial charge in [-0.05, 0) is 30.9 Å². The molecule has 2 saturated heterocycles. The van der Waals surface area contributed by atoms with E-state index >= 15 is 0 Å². The zero-order valence-electron chi connectivity index (χ0n) is 14.4. The Labute approximate surface area is 153 Å². The van der Waals surface area contributed by atoms with E-state index in [-0.39, 0.29) is 48.9 Å². The molecule has 5 nitrogen and oxygen atoms in total. The van der Waals surface area contributed by atoms with Gasteiger partial charge in [0.2, 0.25) is 11.8 Å². The average molecular weight is 370 g/mol. The molecular weight excluding hydrogens is 345 g/mol. The molecule has 2 heterocycles. The second-order valence-corrected chi connectivity index (χ2v) is 6.91. The summed E-state index contributed by atoms with van der Waals surface area (Å²) in [6.07, 6.45) is 2.00. The van der Waals surface area contributed by atoms with Gasteiger partial charge in [-0.25, -0.2) is 4.39 Å². The molecule has 3 unspecified atom stereocenters. The third kappa shape index (κ3) is 3.96. The Morgan fingerprint density at radius 1 is 1.36 bits per heavy atom. The molecule has 2 N–H and O–H groups in total. The Morgan fingerprint density at radius 3 is 2.76 bits per heavy atom. The Bertz CT molecular complexity index is 643. The smallest absolute Gasteiger partial charge is 0.228 e. The lowest BCUT2D eigenvalue weighted by atomic mass is 9.91. The number of nitrogens with two attached hydrogens (primary N) is 1. The Kier molecular flexibility index (Phi) is 6.41. The molecule has 3 rings (SSSR count). The summed E-state index contributed by atoms with van der Waals surface area (Å²) in [6, 6.07) is 6.22. The van der Waals surface area contributed by atoms with Crippen molar-refractivity contribution in [3.63, 3.8) is 0 Å². The first kappa shape index (κ1) is 19.7. The van der Waals surface area contributed by atoms with Crippen LogP contribution in [0.4, 0.5) is 10.1 Å². The number of hydrogen-bond acceptors (Lipinski definition) is 3. The minimum Gasteiger partial charge on any atom is -0.338 e. The van der Waals surface area contributed by atoms with Crippen LogP contribution in [0, 0.1) is 17.7 Å². The monoisotopic (exact) mass is 369 g/mol. The fraction of sp³-hybridized carbons (Fsp3) is 0.556. The highest BCUT2D eigenvalue weighted by molar-refractivity contribution is 6.00. The van der Waals surface area contributed by atoms with E-state index in [1.54, 1.807) is 18.2 Å². The molecule has 7 heteroatoms. The largest absolute Gasteiger partial charge is 0.338 e. The maximum absolute atomic E-state index is 14.0. The predicted octanol–water partition coefficient (Wildman–Crippen LogP) is 2.19. The minimum absolute atomic E-state index is 0. The SMILES string of the molecule is CC1CCN(C(=O)C2CC(=O)N(c3ccccc3F)C2)C(CN)C1.Cl. The van der Waals surface area contributed by atoms with E-state index in [1.165, 1.54) is 11.0 Å². The Morgan fingerprint density at radius 2 is 2.08 bits per heavy atom. The summed E-state index contributed by atoms with van der Waals surface area (Å²) in [6.45, 7) is 3.53. The lowest BCUT2D eigenvalue weighted by molar-refractivity contribution is -0.139. The second-order valence-electron chi connectivity index (χ2n) is 6.91. The van der Waals surface area contributed by atoms with Crippen LogP contribution in [0.15, 0.2) is 24.3 Å². The molecule has 0 saturated carbocycles. The lowest BCUT2D eigenvalue weighted by Crippen LogP contribution is -2.51. The summed E-state index contributed by atoms with van der Waals surface area (Å²) >= 11 is 0. The number of nitrogens with zero attached hydrogens (tertiary/aromatic N) is 2. The summed E-state index contributed by atoms with van der Waals surface area (Å²) in [4.78, 5) is 28.4. The van der Waals surface area contributed by atoms with Gasteiger partial charge in [0.1, 0.15) is 5.82 Å². The molecule has 1 aromatic carbocycles. The molecule has 0 spiro atoms. The van der Waals surface area contributed by atoms with Crippen LogP contribution in [0.3, 0.4) is 0 Å². The Balaban J connectivity index is 0.00000225. The van der Waals surface area contributed by atoms with E-state index in [2.05, 4.69) is 6.92 Å². The van der Waals surface area contributed by atoms with Gasteiger partial charge >= 0.3 is 0 Å². The number of hydrogen-bond donors (Lipinski definition) is 1. The van der Waals surface area contributed by atoms with Gasteiger partial charge in [-0.15, -0.1) is 12.4 Å². The first-order valence-corrected chi connectivity index (χ1v) is 8.56. The van der Waals surface area contributed by atoms with Crippen molar-refractivity contribution in [2.24, 2.45) is 17.6 Å². The van der Waals surface area contributed by atoms with Gasteiger partial charge in [0.25, 0.3) is 0 Å². The van der Waals surface area contributed by atoms with Crippen LogP contribution in [0.2, 0.25) is 0 Å². The van der Waals surface area contributed by atoms with Gasteiger partial charge < -0.3 is 15.5 Å². The highest BCUT2D eigenvalue weighted by Gasteiger charge is 2.40. The van der Waals surface area contributed by atoms with Crippen LogP contribution in [-0.2, 0) is 9.59 Å². The van der Waals surface area contributed by atoms with Crippen molar-refractivity contribution >= 4 is 29.9 Å². The van der Waals surface area contributed by atoms with Crippen molar-refractivity contribution in [3.8, 4) is 0 Å². The first-order valence-electron chi connectivity index (χ1n) is 8.56. The van der Waals surface area contributed by atoms with Crippen LogP contribution in [0.25, 0.3) is 0 Å². The molecule has 0 aliphatic carbocycles. The van der Waals surface area contributed by atoms with E-state index in [0.717, 1.165) is 12.8 Å². The van der Waals surface area contributed by atoms with Gasteiger partial charge in [0.05, 0.1) is 11.6 Å². The fourth-order valence-electron chi connectivity index (χ4n) is 3.78. The molecule has 3 atom stereocenters. The third-order valence-corrected chi connectivity index (χ3v) is 5.15. The molecular formula is C18H25ClFN3O2. The number of carbonyl (C=O) groups is 2. The number of rotatable bonds is 3. The molecule has 0 aromatic heterocycles. The number of benzene rings is 1. The molecule has 0 bridgehead atoms. The van der Waals surface area contributed by atoms with Gasteiger partial charge in [0, 0.05) is 32.1 Å². The number of likely N-dealkylation sites (tertiary alicyclic amines) is 1. The number of para-hydroxylation sites is 1. The van der Waals surface area contributed by atoms with Gasteiger partial charge in [-0.2, -0.15) is 0 Å². The van der Waals surface area contributed by atoms with Crippen molar-refractivity contribution in [3.05, 3.63) is 30.1 Å². The zero-order chi connectivity index (χ0) is 17.3. The van der Waals surface area contributed by atoms with Crippen LogP contribution >= 0.6 is 12.4 Å². The number of halogens is 2. The van der Waals surface area contributed by atoms with Crippen LogP contribution < -0.4 is 10.6 Å². The summed E-state index contributed by atoms with van der Waals surface area (Å²) in [5, 5.41) is 0. The zero-order valence-corrected chi connectivity index (χ0v) is 15.2. The van der Waals surface area contributed by atoms with E-state index in [0.29, 0.717) is 19.0 Å². The second kappa shape index (κ2) is 8.15. The quantitative estimate of drug-likeness (QED) is 0.888. The Hall–Kier alpha value is -1.66. The van der Waals surface area contributed by atoms with Gasteiger partial charge in [-0.3, -0.25) is 9.59 Å². The normalized spacial score (nSPS) is 26.5.